The van der Waals surface area contributed by atoms with Gasteiger partial charge in [-0.2, -0.15) is 0 Å². The number of ether oxygens (including phenoxy) is 1. The summed E-state index contributed by atoms with van der Waals surface area (Å²) < 4.78 is 8.51. The number of nitrogens with zero attached hydrogens (tertiary/aromatic N) is 5. The van der Waals surface area contributed by atoms with Crippen LogP contribution in [0.25, 0.3) is 0 Å². The van der Waals surface area contributed by atoms with Crippen molar-refractivity contribution in [1.82, 2.24) is 15.0 Å². The number of amides is 2. The Labute approximate surface area is 228 Å². The average molecular weight is 550 g/mol. The monoisotopic (exact) mass is 549 g/mol. The number of para-hydroxylation sites is 1. The highest BCUT2D eigenvalue weighted by atomic mass is 28.4. The number of anilines is 3. The van der Waals surface area contributed by atoms with E-state index in [-0.39, 0.29) is 30.1 Å². The maximum absolute atomic E-state index is 14.0. The van der Waals surface area contributed by atoms with Gasteiger partial charge in [-0.15, -0.1) is 5.10 Å². The predicted octanol–water partition coefficient (Wildman–Crippen LogP) is 2.97. The molecule has 4 atom stereocenters. The Balaban J connectivity index is 1.53. The fourth-order valence-electron chi connectivity index (χ4n) is 6.39. The summed E-state index contributed by atoms with van der Waals surface area (Å²) in [6.45, 7) is 6.27. The molecule has 0 aliphatic carbocycles. The minimum absolute atomic E-state index is 0.000326. The summed E-state index contributed by atoms with van der Waals surface area (Å²) in [7, 11) is -1.06. The number of fused-ring (bicyclic) bond motifs is 2. The standard InChI is InChI=1S/C28H35N5O5Si/c1-19-26(39(3,4)37)25(12-14-32-17-20(13-15-34)29-30-32)38-28(19)23-16-22(10-11-24(23)31(2)27(28)36)33(18-35)21-8-6-5-7-9-21/h5-11,16-19,25-26,34,37H,12-15H2,1-4H3/t19-,25+,26-,28+/m1/s1. The molecule has 10 nitrogen and oxygen atoms in total. The molecule has 2 aliphatic rings. The van der Waals surface area contributed by atoms with E-state index in [2.05, 4.69) is 10.3 Å². The molecule has 11 heteroatoms. The lowest BCUT2D eigenvalue weighted by molar-refractivity contribution is -0.145. The number of aromatic nitrogens is 3. The third-order valence-corrected chi connectivity index (χ3v) is 10.6. The molecule has 0 saturated carbocycles. The summed E-state index contributed by atoms with van der Waals surface area (Å²) in [6, 6.07) is 14.9. The second kappa shape index (κ2) is 10.3. The quantitative estimate of drug-likeness (QED) is 0.311. The lowest BCUT2D eigenvalue weighted by atomic mass is 9.82. The molecule has 0 radical (unpaired) electrons. The minimum atomic E-state index is -2.80. The van der Waals surface area contributed by atoms with Crippen molar-refractivity contribution in [2.24, 2.45) is 5.92 Å². The van der Waals surface area contributed by atoms with Gasteiger partial charge < -0.3 is 19.5 Å². The summed E-state index contributed by atoms with van der Waals surface area (Å²) in [6.07, 6.45) is 3.14. The van der Waals surface area contributed by atoms with Crippen molar-refractivity contribution in [1.29, 1.82) is 0 Å². The third-order valence-electron chi connectivity index (χ3n) is 8.11. The first-order valence-electron chi connectivity index (χ1n) is 13.2. The van der Waals surface area contributed by atoms with Crippen LogP contribution in [0.5, 0.6) is 0 Å². The van der Waals surface area contributed by atoms with E-state index in [1.807, 2.05) is 68.5 Å². The second-order valence-electron chi connectivity index (χ2n) is 11.0. The van der Waals surface area contributed by atoms with Gasteiger partial charge in [-0.1, -0.05) is 30.3 Å². The number of rotatable bonds is 9. The first kappa shape index (κ1) is 27.2. The average Bonchev–Trinajstić information content (AvgIpc) is 3.55. The number of benzene rings is 2. The first-order valence-corrected chi connectivity index (χ1v) is 16.3. The number of aliphatic hydroxyl groups excluding tert-OH is 1. The van der Waals surface area contributed by atoms with Gasteiger partial charge >= 0.3 is 0 Å². The van der Waals surface area contributed by atoms with E-state index < -0.39 is 13.9 Å². The minimum Gasteiger partial charge on any atom is -0.432 e. The van der Waals surface area contributed by atoms with Crippen molar-refractivity contribution in [3.8, 4) is 0 Å². The SMILES string of the molecule is C[C@@H]1[C@@H]([Si](C)(C)O)[C@H](CCn2cc(CCO)nn2)O[C@@]12C(=O)N(C)c1ccc(N(C=O)c3ccccc3)cc12. The van der Waals surface area contributed by atoms with Crippen LogP contribution in [0.4, 0.5) is 17.1 Å². The zero-order chi connectivity index (χ0) is 27.9. The number of aryl methyl sites for hydroxylation is 1. The summed E-state index contributed by atoms with van der Waals surface area (Å²) in [5, 5.41) is 17.4. The fourth-order valence-corrected chi connectivity index (χ4v) is 8.99. The van der Waals surface area contributed by atoms with E-state index in [1.165, 1.54) is 0 Å². The van der Waals surface area contributed by atoms with Crippen molar-refractivity contribution >= 4 is 37.7 Å². The molecule has 39 heavy (non-hydrogen) atoms. The maximum atomic E-state index is 14.0. The molecule has 0 bridgehead atoms. The van der Waals surface area contributed by atoms with Gasteiger partial charge in [0.1, 0.15) is 0 Å². The van der Waals surface area contributed by atoms with Crippen LogP contribution in [0.3, 0.4) is 0 Å². The lowest BCUT2D eigenvalue weighted by Gasteiger charge is -2.32. The molecule has 1 spiro atoms. The summed E-state index contributed by atoms with van der Waals surface area (Å²) in [4.78, 5) is 40.7. The Hall–Kier alpha value is -3.38. The number of likely N-dealkylation sites (N-methyl/N-ethyl adjacent to an activating group) is 1. The molecule has 2 N–H and O–H groups in total. The van der Waals surface area contributed by atoms with Crippen molar-refractivity contribution in [3.05, 3.63) is 66.0 Å². The van der Waals surface area contributed by atoms with E-state index >= 15 is 0 Å². The summed E-state index contributed by atoms with van der Waals surface area (Å²) >= 11 is 0. The zero-order valence-corrected chi connectivity index (χ0v) is 23.7. The van der Waals surface area contributed by atoms with Crippen LogP contribution < -0.4 is 9.80 Å². The van der Waals surface area contributed by atoms with E-state index in [1.54, 1.807) is 27.7 Å². The van der Waals surface area contributed by atoms with Gasteiger partial charge in [0, 0.05) is 61.2 Å². The number of aliphatic hydroxyl groups is 1. The largest absolute Gasteiger partial charge is 0.432 e. The van der Waals surface area contributed by atoms with E-state index in [0.29, 0.717) is 42.0 Å². The van der Waals surface area contributed by atoms with Gasteiger partial charge in [-0.3, -0.25) is 19.2 Å². The molecule has 3 heterocycles. The molecular formula is C28H35N5O5Si. The molecule has 3 aromatic rings. The van der Waals surface area contributed by atoms with Crippen LogP contribution in [-0.4, -0.2) is 65.3 Å². The Kier molecular flexibility index (Phi) is 7.18. The Morgan fingerprint density at radius 1 is 1.18 bits per heavy atom. The highest BCUT2D eigenvalue weighted by Crippen LogP contribution is 2.59. The highest BCUT2D eigenvalue weighted by Gasteiger charge is 2.65. The van der Waals surface area contributed by atoms with Crippen molar-refractivity contribution < 1.29 is 24.2 Å². The molecule has 206 valence electrons. The third kappa shape index (κ3) is 4.59. The molecule has 2 amide bonds. The fraction of sp³-hybridized carbons (Fsp3) is 0.429. The van der Waals surface area contributed by atoms with Crippen molar-refractivity contribution in [3.63, 3.8) is 0 Å². The van der Waals surface area contributed by atoms with Gasteiger partial charge in [0.25, 0.3) is 5.91 Å². The molecule has 5 rings (SSSR count). The van der Waals surface area contributed by atoms with E-state index in [9.17, 15) is 19.5 Å². The van der Waals surface area contributed by atoms with Crippen LogP contribution in [0.1, 0.15) is 24.6 Å². The van der Waals surface area contributed by atoms with Crippen molar-refractivity contribution in [2.75, 3.05) is 23.5 Å². The molecular weight excluding hydrogens is 514 g/mol. The van der Waals surface area contributed by atoms with Crippen LogP contribution in [0.2, 0.25) is 18.6 Å². The normalized spacial score (nSPS) is 24.4. The molecule has 1 aromatic heterocycles. The van der Waals surface area contributed by atoms with Gasteiger partial charge in [0.05, 0.1) is 17.5 Å². The van der Waals surface area contributed by atoms with Gasteiger partial charge in [0.2, 0.25) is 6.41 Å². The number of hydrogen-bond donors (Lipinski definition) is 2. The predicted molar refractivity (Wildman–Crippen MR) is 149 cm³/mol. The van der Waals surface area contributed by atoms with Crippen LogP contribution in [0, 0.1) is 5.92 Å². The zero-order valence-electron chi connectivity index (χ0n) is 22.7. The maximum Gasteiger partial charge on any atom is 0.264 e. The summed E-state index contributed by atoms with van der Waals surface area (Å²) in [5.74, 6) is -0.473. The number of hydrogen-bond acceptors (Lipinski definition) is 7. The van der Waals surface area contributed by atoms with E-state index in [0.717, 1.165) is 12.1 Å². The molecule has 2 aromatic carbocycles. The number of carbonyl (C=O) groups is 2. The summed E-state index contributed by atoms with van der Waals surface area (Å²) in [5.41, 5.74) is 1.99. The molecule has 0 unspecified atom stereocenters. The lowest BCUT2D eigenvalue weighted by Crippen LogP contribution is -2.45. The van der Waals surface area contributed by atoms with Crippen LogP contribution >= 0.6 is 0 Å². The number of carbonyl (C=O) groups excluding carboxylic acids is 2. The van der Waals surface area contributed by atoms with E-state index in [4.69, 9.17) is 4.74 Å². The smallest absolute Gasteiger partial charge is 0.264 e. The molecule has 1 saturated heterocycles. The Morgan fingerprint density at radius 2 is 1.92 bits per heavy atom. The van der Waals surface area contributed by atoms with Crippen LogP contribution in [-0.2, 0) is 32.9 Å². The van der Waals surface area contributed by atoms with Gasteiger partial charge in [-0.25, -0.2) is 0 Å². The first-order chi connectivity index (χ1) is 18.6. The molecule has 1 fully saturated rings. The second-order valence-corrected chi connectivity index (χ2v) is 14.9. The van der Waals surface area contributed by atoms with Crippen molar-refractivity contribution in [2.45, 2.75) is 56.7 Å². The Bertz CT molecular complexity index is 1360. The highest BCUT2D eigenvalue weighted by molar-refractivity contribution is 6.71. The Morgan fingerprint density at radius 3 is 2.59 bits per heavy atom. The van der Waals surface area contributed by atoms with Gasteiger partial charge in [0.15, 0.2) is 13.9 Å². The van der Waals surface area contributed by atoms with Gasteiger partial charge in [-0.05, 0) is 49.8 Å². The molecule has 2 aliphatic heterocycles. The van der Waals surface area contributed by atoms with Crippen LogP contribution in [0.15, 0.2) is 54.7 Å². The topological polar surface area (TPSA) is 121 Å².